The van der Waals surface area contributed by atoms with Crippen molar-refractivity contribution in [3.8, 4) is 10.6 Å². The Morgan fingerprint density at radius 2 is 1.88 bits per heavy atom. The minimum Gasteiger partial charge on any atom is -0.350 e. The van der Waals surface area contributed by atoms with Gasteiger partial charge in [-0.15, -0.1) is 11.3 Å². The van der Waals surface area contributed by atoms with E-state index in [1.165, 1.54) is 11.3 Å². The van der Waals surface area contributed by atoms with Crippen molar-refractivity contribution in [2.45, 2.75) is 19.4 Å². The van der Waals surface area contributed by atoms with Crippen molar-refractivity contribution in [3.05, 3.63) is 71.5 Å². The van der Waals surface area contributed by atoms with Gasteiger partial charge in [0, 0.05) is 41.7 Å². The van der Waals surface area contributed by atoms with Gasteiger partial charge in [0.25, 0.3) is 0 Å². The van der Waals surface area contributed by atoms with Crippen molar-refractivity contribution < 1.29 is 9.59 Å². The fourth-order valence-corrected chi connectivity index (χ4v) is 3.09. The second-order valence-electron chi connectivity index (χ2n) is 5.45. The van der Waals surface area contributed by atoms with Crippen molar-refractivity contribution in [1.82, 2.24) is 15.3 Å². The Balaban J connectivity index is 1.47. The van der Waals surface area contributed by atoms with Crippen LogP contribution in [0.5, 0.6) is 0 Å². The molecule has 1 amide bonds. The van der Waals surface area contributed by atoms with Crippen LogP contribution >= 0.6 is 11.3 Å². The average molecular weight is 351 g/mol. The average Bonchev–Trinajstić information content (AvgIpc) is 3.15. The Labute approximate surface area is 149 Å². The van der Waals surface area contributed by atoms with E-state index in [9.17, 15) is 9.59 Å². The van der Waals surface area contributed by atoms with E-state index in [-0.39, 0.29) is 24.5 Å². The summed E-state index contributed by atoms with van der Waals surface area (Å²) >= 11 is 1.51. The first-order valence-electron chi connectivity index (χ1n) is 7.92. The molecule has 0 atom stereocenters. The Kier molecular flexibility index (Phi) is 5.64. The molecule has 3 rings (SSSR count). The minimum absolute atomic E-state index is 0.0247. The van der Waals surface area contributed by atoms with Gasteiger partial charge < -0.3 is 5.32 Å². The monoisotopic (exact) mass is 351 g/mol. The van der Waals surface area contributed by atoms with Crippen LogP contribution in [0.2, 0.25) is 0 Å². The molecule has 0 bridgehead atoms. The molecule has 2 aromatic heterocycles. The van der Waals surface area contributed by atoms with Gasteiger partial charge in [0.1, 0.15) is 5.01 Å². The summed E-state index contributed by atoms with van der Waals surface area (Å²) in [5, 5.41) is 5.59. The molecule has 1 N–H and O–H groups in total. The van der Waals surface area contributed by atoms with Gasteiger partial charge in [-0.1, -0.05) is 30.3 Å². The van der Waals surface area contributed by atoms with E-state index in [1.807, 2.05) is 35.7 Å². The summed E-state index contributed by atoms with van der Waals surface area (Å²) in [6, 6.07) is 12.8. The third kappa shape index (κ3) is 4.81. The largest absolute Gasteiger partial charge is 0.350 e. The van der Waals surface area contributed by atoms with Crippen LogP contribution in [-0.2, 0) is 11.3 Å². The van der Waals surface area contributed by atoms with Gasteiger partial charge in [-0.2, -0.15) is 0 Å². The molecule has 0 aliphatic heterocycles. The topological polar surface area (TPSA) is 72.0 Å². The summed E-state index contributed by atoms with van der Waals surface area (Å²) in [6.07, 6.45) is 3.85. The number of aromatic nitrogens is 2. The zero-order valence-electron chi connectivity index (χ0n) is 13.5. The van der Waals surface area contributed by atoms with Crippen molar-refractivity contribution in [2.75, 3.05) is 0 Å². The van der Waals surface area contributed by atoms with Crippen molar-refractivity contribution in [2.24, 2.45) is 0 Å². The summed E-state index contributed by atoms with van der Waals surface area (Å²) < 4.78 is 0. The number of hydrogen-bond acceptors (Lipinski definition) is 5. The summed E-state index contributed by atoms with van der Waals surface area (Å²) in [5.74, 6) is -0.177. The first kappa shape index (κ1) is 17.0. The smallest absolute Gasteiger partial charge is 0.220 e. The van der Waals surface area contributed by atoms with Gasteiger partial charge in [0.05, 0.1) is 12.2 Å². The summed E-state index contributed by atoms with van der Waals surface area (Å²) in [4.78, 5) is 32.5. The van der Waals surface area contributed by atoms with Gasteiger partial charge in [-0.3, -0.25) is 14.6 Å². The maximum atomic E-state index is 12.0. The lowest BCUT2D eigenvalue weighted by Gasteiger charge is -2.03. The first-order chi connectivity index (χ1) is 12.2. The summed E-state index contributed by atoms with van der Waals surface area (Å²) in [5.41, 5.74) is 2.39. The maximum Gasteiger partial charge on any atom is 0.220 e. The number of nitrogens with zero attached hydrogens (tertiary/aromatic N) is 2. The molecule has 3 aromatic rings. The van der Waals surface area contributed by atoms with E-state index in [2.05, 4.69) is 15.3 Å². The number of pyridine rings is 1. The van der Waals surface area contributed by atoms with Crippen molar-refractivity contribution in [1.29, 1.82) is 0 Å². The standard InChI is InChI=1S/C19H17N3O2S/c23-17(14-5-2-1-3-6-14)8-9-18(24)21-12-16-13-25-19(22-16)15-7-4-10-20-11-15/h1-7,10-11,13H,8-9,12H2,(H,21,24). The Morgan fingerprint density at radius 3 is 2.64 bits per heavy atom. The number of carbonyl (C=O) groups excluding carboxylic acids is 2. The zero-order chi connectivity index (χ0) is 17.5. The molecular weight excluding hydrogens is 334 g/mol. The minimum atomic E-state index is -0.153. The molecule has 25 heavy (non-hydrogen) atoms. The lowest BCUT2D eigenvalue weighted by atomic mass is 10.1. The van der Waals surface area contributed by atoms with Crippen LogP contribution < -0.4 is 5.32 Å². The Bertz CT molecular complexity index is 847. The lowest BCUT2D eigenvalue weighted by molar-refractivity contribution is -0.121. The van der Waals surface area contributed by atoms with Crippen LogP contribution in [0.4, 0.5) is 0 Å². The fraction of sp³-hybridized carbons (Fsp3) is 0.158. The molecule has 2 heterocycles. The molecule has 0 spiro atoms. The van der Waals surface area contributed by atoms with Crippen molar-refractivity contribution >= 4 is 23.0 Å². The molecule has 1 aromatic carbocycles. The van der Waals surface area contributed by atoms with Crippen molar-refractivity contribution in [3.63, 3.8) is 0 Å². The van der Waals surface area contributed by atoms with Crippen LogP contribution in [0.3, 0.4) is 0 Å². The molecule has 126 valence electrons. The SMILES string of the molecule is O=C(CCC(=O)c1ccccc1)NCc1csc(-c2cccnc2)n1. The predicted molar refractivity (Wildman–Crippen MR) is 97.2 cm³/mol. The molecule has 0 unspecified atom stereocenters. The maximum absolute atomic E-state index is 12.0. The highest BCUT2D eigenvalue weighted by Gasteiger charge is 2.10. The molecule has 0 aliphatic carbocycles. The molecular formula is C19H17N3O2S. The first-order valence-corrected chi connectivity index (χ1v) is 8.80. The zero-order valence-corrected chi connectivity index (χ0v) is 14.3. The number of amides is 1. The van der Waals surface area contributed by atoms with E-state index >= 15 is 0 Å². The highest BCUT2D eigenvalue weighted by molar-refractivity contribution is 7.13. The lowest BCUT2D eigenvalue weighted by Crippen LogP contribution is -2.23. The third-order valence-electron chi connectivity index (χ3n) is 3.60. The molecule has 0 fully saturated rings. The molecule has 0 radical (unpaired) electrons. The van der Waals surface area contributed by atoms with Gasteiger partial charge in [-0.25, -0.2) is 4.98 Å². The Hall–Kier alpha value is -2.86. The van der Waals surface area contributed by atoms with E-state index < -0.39 is 0 Å². The number of ketones is 1. The fourth-order valence-electron chi connectivity index (χ4n) is 2.28. The molecule has 5 nitrogen and oxygen atoms in total. The van der Waals surface area contributed by atoms with Crippen LogP contribution in [0, 0.1) is 0 Å². The number of benzene rings is 1. The summed E-state index contributed by atoms with van der Waals surface area (Å²) in [6.45, 7) is 0.356. The van der Waals surface area contributed by atoms with Crippen LogP contribution in [0.1, 0.15) is 28.9 Å². The van der Waals surface area contributed by atoms with Gasteiger partial charge in [0.15, 0.2) is 5.78 Å². The normalized spacial score (nSPS) is 10.4. The second-order valence-corrected chi connectivity index (χ2v) is 6.31. The third-order valence-corrected chi connectivity index (χ3v) is 4.54. The highest BCUT2D eigenvalue weighted by Crippen LogP contribution is 2.22. The van der Waals surface area contributed by atoms with Gasteiger partial charge in [-0.05, 0) is 12.1 Å². The predicted octanol–water partition coefficient (Wildman–Crippen LogP) is 3.48. The molecule has 0 saturated carbocycles. The number of thiazole rings is 1. The van der Waals surface area contributed by atoms with Crippen LogP contribution in [0.25, 0.3) is 10.6 Å². The summed E-state index contributed by atoms with van der Waals surface area (Å²) in [7, 11) is 0. The van der Waals surface area contributed by atoms with E-state index in [0.717, 1.165) is 16.3 Å². The van der Waals surface area contributed by atoms with Crippen LogP contribution in [0.15, 0.2) is 60.2 Å². The van der Waals surface area contributed by atoms with E-state index in [1.54, 1.807) is 24.5 Å². The highest BCUT2D eigenvalue weighted by atomic mass is 32.1. The second kappa shape index (κ2) is 8.30. The molecule has 0 saturated heterocycles. The van der Waals surface area contributed by atoms with E-state index in [4.69, 9.17) is 0 Å². The number of carbonyl (C=O) groups is 2. The molecule has 0 aliphatic rings. The van der Waals surface area contributed by atoms with Crippen LogP contribution in [-0.4, -0.2) is 21.7 Å². The number of rotatable bonds is 7. The quantitative estimate of drug-likeness (QED) is 0.662. The Morgan fingerprint density at radius 1 is 1.04 bits per heavy atom. The number of Topliss-reactive ketones (excluding diaryl/α,β-unsaturated/α-hetero) is 1. The number of nitrogens with one attached hydrogen (secondary N) is 1. The van der Waals surface area contributed by atoms with Gasteiger partial charge in [0.2, 0.25) is 5.91 Å². The van der Waals surface area contributed by atoms with Gasteiger partial charge >= 0.3 is 0 Å². The number of hydrogen-bond donors (Lipinski definition) is 1. The van der Waals surface area contributed by atoms with E-state index in [0.29, 0.717) is 12.1 Å². The molecule has 6 heteroatoms.